The fourth-order valence-corrected chi connectivity index (χ4v) is 6.44. The highest BCUT2D eigenvalue weighted by molar-refractivity contribution is 7.92. The van der Waals surface area contributed by atoms with Gasteiger partial charge in [-0.25, -0.2) is 16.8 Å². The first-order chi connectivity index (χ1) is 12.3. The Bertz CT molecular complexity index is 1190. The van der Waals surface area contributed by atoms with Crippen LogP contribution in [0.5, 0.6) is 0 Å². The molecule has 0 spiro atoms. The number of aryl methyl sites for hydroxylation is 1. The van der Waals surface area contributed by atoms with Crippen molar-refractivity contribution >= 4 is 30.8 Å². The lowest BCUT2D eigenvalue weighted by molar-refractivity contribution is 0.308. The molecule has 26 heavy (non-hydrogen) atoms. The molecule has 136 valence electrons. The highest BCUT2D eigenvalue weighted by Crippen LogP contribution is 2.30. The normalized spacial score (nSPS) is 16.7. The van der Waals surface area contributed by atoms with E-state index in [1.807, 2.05) is 0 Å². The molecule has 0 atom stereocenters. The average Bonchev–Trinajstić information content (AvgIpc) is 2.99. The second-order valence-corrected chi connectivity index (χ2v) is 10.1. The van der Waals surface area contributed by atoms with Crippen molar-refractivity contribution in [1.29, 1.82) is 0 Å². The third-order valence-electron chi connectivity index (χ3n) is 4.39. The Morgan fingerprint density at radius 1 is 1.08 bits per heavy atom. The second kappa shape index (κ2) is 5.83. The van der Waals surface area contributed by atoms with Crippen molar-refractivity contribution in [2.45, 2.75) is 15.3 Å². The number of nitrogens with zero attached hydrogens (tertiary/aromatic N) is 5. The molecule has 0 radical (unpaired) electrons. The Hall–Kier alpha value is -2.37. The third kappa shape index (κ3) is 2.50. The number of hydrogen-bond donors (Lipinski definition) is 0. The number of sulfone groups is 1. The quantitative estimate of drug-likeness (QED) is 0.622. The number of rotatable bonds is 4. The molecule has 1 aliphatic rings. The molecule has 1 aromatic carbocycles. The predicted molar refractivity (Wildman–Crippen MR) is 92.5 cm³/mol. The fourth-order valence-electron chi connectivity index (χ4n) is 2.90. The molecule has 0 N–H and O–H groups in total. The molecule has 1 saturated heterocycles. The maximum absolute atomic E-state index is 12.9. The van der Waals surface area contributed by atoms with Crippen LogP contribution in [0.4, 0.5) is 0 Å². The molecule has 1 fully saturated rings. The van der Waals surface area contributed by atoms with E-state index in [2.05, 4.69) is 15.2 Å². The largest absolute Gasteiger partial charge is 0.308 e. The first kappa shape index (κ1) is 17.1. The summed E-state index contributed by atoms with van der Waals surface area (Å²) in [6.07, 6.45) is 2.82. The van der Waals surface area contributed by atoms with Crippen LogP contribution >= 0.6 is 0 Å². The van der Waals surface area contributed by atoms with Crippen LogP contribution in [0.2, 0.25) is 0 Å². The summed E-state index contributed by atoms with van der Waals surface area (Å²) in [5.74, 6) is 0. The van der Waals surface area contributed by atoms with Gasteiger partial charge in [-0.2, -0.15) is 4.31 Å². The Kier molecular flexibility index (Phi) is 3.82. The Balaban J connectivity index is 1.63. The fraction of sp³-hybridized carbons (Fsp3) is 0.267. The van der Waals surface area contributed by atoms with Crippen LogP contribution in [0, 0.1) is 0 Å². The molecule has 0 saturated carbocycles. The van der Waals surface area contributed by atoms with Gasteiger partial charge in [-0.1, -0.05) is 18.2 Å². The van der Waals surface area contributed by atoms with Gasteiger partial charge in [0.15, 0.2) is 0 Å². The van der Waals surface area contributed by atoms with E-state index in [0.29, 0.717) is 10.9 Å². The minimum absolute atomic E-state index is 0.0742. The Morgan fingerprint density at radius 2 is 1.81 bits per heavy atom. The second-order valence-electron chi connectivity index (χ2n) is 6.04. The summed E-state index contributed by atoms with van der Waals surface area (Å²) in [5, 5.41) is 6.90. The predicted octanol–water partition coefficient (Wildman–Crippen LogP) is 0.210. The zero-order valence-corrected chi connectivity index (χ0v) is 15.4. The number of hydrogen-bond acceptors (Lipinski definition) is 7. The molecular formula is C15H15N5O4S2. The molecule has 1 aliphatic heterocycles. The summed E-state index contributed by atoms with van der Waals surface area (Å²) in [6, 6.07) is 8.41. The van der Waals surface area contributed by atoms with E-state index in [0.717, 1.165) is 4.31 Å². The summed E-state index contributed by atoms with van der Waals surface area (Å²) in [5.41, 5.74) is 0.370. The number of sulfonamides is 1. The Morgan fingerprint density at radius 3 is 2.50 bits per heavy atom. The molecule has 2 aromatic heterocycles. The lowest BCUT2D eigenvalue weighted by Crippen LogP contribution is -2.56. The average molecular weight is 393 g/mol. The van der Waals surface area contributed by atoms with Gasteiger partial charge >= 0.3 is 0 Å². The molecule has 3 heterocycles. The lowest BCUT2D eigenvalue weighted by Gasteiger charge is -2.37. The van der Waals surface area contributed by atoms with Gasteiger partial charge in [-0.05, 0) is 12.1 Å². The number of para-hydroxylation sites is 1. The number of fused-ring (bicyclic) bond motifs is 1. The molecule has 3 aromatic rings. The van der Waals surface area contributed by atoms with Crippen molar-refractivity contribution < 1.29 is 16.8 Å². The van der Waals surface area contributed by atoms with Crippen LogP contribution < -0.4 is 0 Å². The minimum atomic E-state index is -3.84. The van der Waals surface area contributed by atoms with Crippen molar-refractivity contribution in [3.63, 3.8) is 0 Å². The van der Waals surface area contributed by atoms with Crippen LogP contribution in [-0.4, -0.2) is 59.2 Å². The van der Waals surface area contributed by atoms with Crippen molar-refractivity contribution in [3.8, 4) is 0 Å². The zero-order valence-electron chi connectivity index (χ0n) is 13.7. The monoisotopic (exact) mass is 393 g/mol. The van der Waals surface area contributed by atoms with Gasteiger partial charge in [0.05, 0.1) is 10.8 Å². The summed E-state index contributed by atoms with van der Waals surface area (Å²) in [7, 11) is -6.05. The van der Waals surface area contributed by atoms with E-state index in [4.69, 9.17) is 0 Å². The highest BCUT2D eigenvalue weighted by Gasteiger charge is 2.46. The van der Waals surface area contributed by atoms with Gasteiger partial charge in [0, 0.05) is 31.7 Å². The van der Waals surface area contributed by atoms with Crippen LogP contribution in [0.1, 0.15) is 0 Å². The van der Waals surface area contributed by atoms with Gasteiger partial charge in [0.2, 0.25) is 25.0 Å². The molecule has 0 unspecified atom stereocenters. The topological polar surface area (TPSA) is 115 Å². The first-order valence-electron chi connectivity index (χ1n) is 7.73. The Labute approximate surface area is 150 Å². The van der Waals surface area contributed by atoms with Crippen LogP contribution in [-0.2, 0) is 26.9 Å². The van der Waals surface area contributed by atoms with Crippen molar-refractivity contribution in [2.75, 3.05) is 13.1 Å². The molecule has 0 aliphatic carbocycles. The molecule has 9 nitrogen and oxygen atoms in total. The first-order valence-corrected chi connectivity index (χ1v) is 10.7. The number of benzene rings is 1. The lowest BCUT2D eigenvalue weighted by atomic mass is 10.2. The summed E-state index contributed by atoms with van der Waals surface area (Å²) >= 11 is 0. The third-order valence-corrected chi connectivity index (χ3v) is 8.31. The molecule has 4 rings (SSSR count). The van der Waals surface area contributed by atoms with Crippen LogP contribution in [0.3, 0.4) is 0 Å². The molecule has 0 amide bonds. The maximum atomic E-state index is 12.9. The summed E-state index contributed by atoms with van der Waals surface area (Å²) in [4.78, 5) is 4.24. The summed E-state index contributed by atoms with van der Waals surface area (Å²) in [6.45, 7) is -0.249. The van der Waals surface area contributed by atoms with E-state index < -0.39 is 25.1 Å². The number of pyridine rings is 1. The van der Waals surface area contributed by atoms with E-state index in [1.165, 1.54) is 30.2 Å². The molecule has 0 bridgehead atoms. The van der Waals surface area contributed by atoms with Crippen molar-refractivity contribution in [3.05, 3.63) is 42.9 Å². The van der Waals surface area contributed by atoms with Gasteiger partial charge in [0.1, 0.15) is 11.2 Å². The van der Waals surface area contributed by atoms with Crippen LogP contribution in [0.15, 0.2) is 52.9 Å². The van der Waals surface area contributed by atoms with E-state index in [-0.39, 0.29) is 23.1 Å². The van der Waals surface area contributed by atoms with Gasteiger partial charge in [-0.3, -0.25) is 4.98 Å². The SMILES string of the molecule is Cn1cnnc1S(=O)(=O)C1CN(S(=O)(=O)c2cccc3cccnc23)C1. The molecule has 11 heteroatoms. The van der Waals surface area contributed by atoms with Gasteiger partial charge in [0.25, 0.3) is 0 Å². The van der Waals surface area contributed by atoms with E-state index >= 15 is 0 Å². The maximum Gasteiger partial charge on any atom is 0.249 e. The molecular weight excluding hydrogens is 378 g/mol. The standard InChI is InChI=1S/C15H15N5O4S2/c1-19-10-17-18-15(19)25(21,22)12-8-20(9-12)26(23,24)13-6-2-4-11-5-3-7-16-14(11)13/h2-7,10,12H,8-9H2,1H3. The summed E-state index contributed by atoms with van der Waals surface area (Å²) < 4.78 is 53.4. The number of aromatic nitrogens is 4. The highest BCUT2D eigenvalue weighted by atomic mass is 32.2. The van der Waals surface area contributed by atoms with Gasteiger partial charge < -0.3 is 4.57 Å². The van der Waals surface area contributed by atoms with Crippen molar-refractivity contribution in [2.24, 2.45) is 7.05 Å². The smallest absolute Gasteiger partial charge is 0.249 e. The van der Waals surface area contributed by atoms with Crippen LogP contribution in [0.25, 0.3) is 10.9 Å². The van der Waals surface area contributed by atoms with Gasteiger partial charge in [-0.15, -0.1) is 10.2 Å². The van der Waals surface area contributed by atoms with E-state index in [9.17, 15) is 16.8 Å². The minimum Gasteiger partial charge on any atom is -0.308 e. The zero-order chi connectivity index (χ0) is 18.5. The van der Waals surface area contributed by atoms with E-state index in [1.54, 1.807) is 24.3 Å². The van der Waals surface area contributed by atoms with Crippen molar-refractivity contribution in [1.82, 2.24) is 24.1 Å².